The first-order valence-electron chi connectivity index (χ1n) is 8.22. The molecule has 0 aliphatic rings. The highest BCUT2D eigenvalue weighted by atomic mass is 19.1. The molecule has 0 aliphatic carbocycles. The molecule has 0 fully saturated rings. The summed E-state index contributed by atoms with van der Waals surface area (Å²) in [6.07, 6.45) is 0. The Bertz CT molecular complexity index is 787. The Morgan fingerprint density at radius 3 is 2.26 bits per heavy atom. The fourth-order valence-electron chi connectivity index (χ4n) is 2.51. The molecular weight excluding hydrogens is 353 g/mol. The van der Waals surface area contributed by atoms with Crippen molar-refractivity contribution in [3.63, 3.8) is 0 Å². The van der Waals surface area contributed by atoms with Gasteiger partial charge in [0, 0.05) is 37.0 Å². The molecular formula is C19H24FN3O4. The number of aliphatic hydroxyl groups excluding tert-OH is 1. The zero-order valence-corrected chi connectivity index (χ0v) is 15.8. The molecule has 0 saturated heterocycles. The molecule has 0 atom stereocenters. The van der Waals surface area contributed by atoms with E-state index < -0.39 is 5.82 Å². The lowest BCUT2D eigenvalue weighted by Crippen LogP contribution is -2.30. The lowest BCUT2D eigenvalue weighted by molar-refractivity contribution is 0.275. The predicted octanol–water partition coefficient (Wildman–Crippen LogP) is 2.53. The first kappa shape index (κ1) is 20.3. The van der Waals surface area contributed by atoms with Gasteiger partial charge in [-0.3, -0.25) is 4.99 Å². The SMILES string of the molecule is CN=C(NCc1ccc(F)c(CO)c1)Nc1cc(OC)c(OC)c(OC)c1. The number of hydrogen-bond acceptors (Lipinski definition) is 5. The molecule has 0 heterocycles. The van der Waals surface area contributed by atoms with Crippen LogP contribution in [0.5, 0.6) is 17.2 Å². The van der Waals surface area contributed by atoms with Crippen molar-refractivity contribution in [3.05, 3.63) is 47.3 Å². The fraction of sp³-hybridized carbons (Fsp3) is 0.316. The van der Waals surface area contributed by atoms with Gasteiger partial charge in [-0.2, -0.15) is 0 Å². The Morgan fingerprint density at radius 1 is 1.07 bits per heavy atom. The summed E-state index contributed by atoms with van der Waals surface area (Å²) in [4.78, 5) is 4.17. The van der Waals surface area contributed by atoms with Gasteiger partial charge in [0.2, 0.25) is 5.75 Å². The van der Waals surface area contributed by atoms with Crippen LogP contribution in [0.3, 0.4) is 0 Å². The van der Waals surface area contributed by atoms with Crippen molar-refractivity contribution in [1.82, 2.24) is 5.32 Å². The molecule has 0 bridgehead atoms. The third-order valence-electron chi connectivity index (χ3n) is 3.89. The second kappa shape index (κ2) is 9.63. The molecule has 0 radical (unpaired) electrons. The summed E-state index contributed by atoms with van der Waals surface area (Å²) in [6, 6.07) is 8.10. The summed E-state index contributed by atoms with van der Waals surface area (Å²) in [5.41, 5.74) is 1.75. The molecule has 146 valence electrons. The molecule has 0 aromatic heterocycles. The summed E-state index contributed by atoms with van der Waals surface area (Å²) >= 11 is 0. The van der Waals surface area contributed by atoms with Gasteiger partial charge in [-0.25, -0.2) is 4.39 Å². The van der Waals surface area contributed by atoms with Gasteiger partial charge in [0.15, 0.2) is 17.5 Å². The average molecular weight is 377 g/mol. The average Bonchev–Trinajstić information content (AvgIpc) is 2.70. The van der Waals surface area contributed by atoms with Crippen LogP contribution in [-0.4, -0.2) is 39.4 Å². The van der Waals surface area contributed by atoms with Crippen molar-refractivity contribution >= 4 is 11.6 Å². The standard InChI is InChI=1S/C19H24FN3O4/c1-21-19(22-10-12-5-6-15(20)13(7-12)11-24)23-14-8-16(25-2)18(27-4)17(9-14)26-3/h5-9,24H,10-11H2,1-4H3,(H2,21,22,23). The number of anilines is 1. The Morgan fingerprint density at radius 2 is 1.74 bits per heavy atom. The van der Waals surface area contributed by atoms with Crippen LogP contribution in [0.15, 0.2) is 35.3 Å². The number of nitrogens with zero attached hydrogens (tertiary/aromatic N) is 1. The number of hydrogen-bond donors (Lipinski definition) is 3. The van der Waals surface area contributed by atoms with Crippen molar-refractivity contribution in [1.29, 1.82) is 0 Å². The lowest BCUT2D eigenvalue weighted by Gasteiger charge is -2.16. The van der Waals surface area contributed by atoms with E-state index in [0.717, 1.165) is 5.56 Å². The van der Waals surface area contributed by atoms with E-state index in [1.165, 1.54) is 13.2 Å². The second-order valence-corrected chi connectivity index (χ2v) is 5.55. The second-order valence-electron chi connectivity index (χ2n) is 5.55. The predicted molar refractivity (Wildman–Crippen MR) is 102 cm³/mol. The number of benzene rings is 2. The molecule has 2 aromatic carbocycles. The number of aliphatic imine (C=N–C) groups is 1. The van der Waals surface area contributed by atoms with Gasteiger partial charge in [0.25, 0.3) is 0 Å². The molecule has 27 heavy (non-hydrogen) atoms. The van der Waals surface area contributed by atoms with Crippen LogP contribution < -0.4 is 24.8 Å². The molecule has 0 saturated carbocycles. The first-order valence-corrected chi connectivity index (χ1v) is 8.22. The van der Waals surface area contributed by atoms with E-state index in [9.17, 15) is 9.50 Å². The van der Waals surface area contributed by atoms with E-state index >= 15 is 0 Å². The van der Waals surface area contributed by atoms with Crippen LogP contribution in [0, 0.1) is 5.82 Å². The molecule has 0 amide bonds. The number of guanidine groups is 1. The maximum atomic E-state index is 13.5. The van der Waals surface area contributed by atoms with Gasteiger partial charge in [0.05, 0.1) is 27.9 Å². The van der Waals surface area contributed by atoms with Gasteiger partial charge in [-0.15, -0.1) is 0 Å². The van der Waals surface area contributed by atoms with Gasteiger partial charge < -0.3 is 30.0 Å². The van der Waals surface area contributed by atoms with Crippen LogP contribution in [0.2, 0.25) is 0 Å². The minimum atomic E-state index is -0.429. The van der Waals surface area contributed by atoms with Crippen LogP contribution in [0.25, 0.3) is 0 Å². The van der Waals surface area contributed by atoms with Crippen LogP contribution in [-0.2, 0) is 13.2 Å². The highest BCUT2D eigenvalue weighted by molar-refractivity contribution is 5.94. The Kier molecular flexibility index (Phi) is 7.25. The quantitative estimate of drug-likeness (QED) is 0.508. The normalized spacial score (nSPS) is 11.1. The van der Waals surface area contributed by atoms with E-state index in [1.807, 2.05) is 0 Å². The number of halogens is 1. The van der Waals surface area contributed by atoms with E-state index in [1.54, 1.807) is 45.5 Å². The minimum Gasteiger partial charge on any atom is -0.493 e. The van der Waals surface area contributed by atoms with Crippen molar-refractivity contribution < 1.29 is 23.7 Å². The number of ether oxygens (including phenoxy) is 3. The maximum Gasteiger partial charge on any atom is 0.203 e. The first-order chi connectivity index (χ1) is 13.1. The number of methoxy groups -OCH3 is 3. The number of aliphatic hydroxyl groups is 1. The van der Waals surface area contributed by atoms with E-state index in [0.29, 0.717) is 35.4 Å². The van der Waals surface area contributed by atoms with Crippen molar-refractivity contribution in [2.75, 3.05) is 33.7 Å². The molecule has 2 aromatic rings. The third-order valence-corrected chi connectivity index (χ3v) is 3.89. The third kappa shape index (κ3) is 5.01. The summed E-state index contributed by atoms with van der Waals surface area (Å²) in [5.74, 6) is 1.60. The minimum absolute atomic E-state index is 0.252. The summed E-state index contributed by atoms with van der Waals surface area (Å²) < 4.78 is 29.5. The Labute approximate surface area is 157 Å². The monoisotopic (exact) mass is 377 g/mol. The van der Waals surface area contributed by atoms with Gasteiger partial charge in [-0.1, -0.05) is 6.07 Å². The fourth-order valence-corrected chi connectivity index (χ4v) is 2.51. The largest absolute Gasteiger partial charge is 0.493 e. The molecule has 7 nitrogen and oxygen atoms in total. The molecule has 8 heteroatoms. The van der Waals surface area contributed by atoms with Gasteiger partial charge in [0.1, 0.15) is 5.82 Å². The Hall–Kier alpha value is -3.00. The smallest absolute Gasteiger partial charge is 0.203 e. The van der Waals surface area contributed by atoms with Crippen LogP contribution in [0.1, 0.15) is 11.1 Å². The molecule has 0 aliphatic heterocycles. The molecule has 0 spiro atoms. The lowest BCUT2D eigenvalue weighted by atomic mass is 10.1. The van der Waals surface area contributed by atoms with Gasteiger partial charge >= 0.3 is 0 Å². The number of nitrogens with one attached hydrogen (secondary N) is 2. The summed E-state index contributed by atoms with van der Waals surface area (Å²) in [7, 11) is 6.26. The topological polar surface area (TPSA) is 84.3 Å². The van der Waals surface area contributed by atoms with Crippen molar-refractivity contribution in [2.24, 2.45) is 4.99 Å². The van der Waals surface area contributed by atoms with Crippen LogP contribution >= 0.6 is 0 Å². The highest BCUT2D eigenvalue weighted by Gasteiger charge is 2.14. The van der Waals surface area contributed by atoms with E-state index in [-0.39, 0.29) is 12.2 Å². The summed E-state index contributed by atoms with van der Waals surface area (Å²) in [5, 5.41) is 15.4. The van der Waals surface area contributed by atoms with Crippen LogP contribution in [0.4, 0.5) is 10.1 Å². The molecule has 3 N–H and O–H groups in total. The summed E-state index contributed by atoms with van der Waals surface area (Å²) in [6.45, 7) is 0.0511. The van der Waals surface area contributed by atoms with Gasteiger partial charge in [-0.05, 0) is 17.7 Å². The molecule has 0 unspecified atom stereocenters. The van der Waals surface area contributed by atoms with Crippen molar-refractivity contribution in [2.45, 2.75) is 13.2 Å². The number of rotatable bonds is 7. The van der Waals surface area contributed by atoms with E-state index in [4.69, 9.17) is 14.2 Å². The van der Waals surface area contributed by atoms with E-state index in [2.05, 4.69) is 15.6 Å². The zero-order chi connectivity index (χ0) is 19.8. The highest BCUT2D eigenvalue weighted by Crippen LogP contribution is 2.39. The Balaban J connectivity index is 2.13. The van der Waals surface area contributed by atoms with Crippen molar-refractivity contribution in [3.8, 4) is 17.2 Å². The molecule has 2 rings (SSSR count). The zero-order valence-electron chi connectivity index (χ0n) is 15.8. The maximum absolute atomic E-state index is 13.5.